The summed E-state index contributed by atoms with van der Waals surface area (Å²) in [5.41, 5.74) is 3.03. The molecule has 118 valence electrons. The van der Waals surface area contributed by atoms with E-state index in [1.165, 1.54) is 0 Å². The number of benzene rings is 1. The normalized spacial score (nSPS) is 18.2. The predicted molar refractivity (Wildman–Crippen MR) is 91.7 cm³/mol. The van der Waals surface area contributed by atoms with Crippen molar-refractivity contribution in [2.24, 2.45) is 0 Å². The lowest BCUT2D eigenvalue weighted by molar-refractivity contribution is 0.480. The molecule has 1 aromatic carbocycles. The molecule has 23 heavy (non-hydrogen) atoms. The summed E-state index contributed by atoms with van der Waals surface area (Å²) in [7, 11) is 0. The molecule has 3 aromatic rings. The third-order valence-corrected chi connectivity index (χ3v) is 4.24. The van der Waals surface area contributed by atoms with Crippen LogP contribution in [-0.2, 0) is 0 Å². The number of para-hydroxylation sites is 2. The lowest BCUT2D eigenvalue weighted by Gasteiger charge is -2.25. The second kappa shape index (κ2) is 5.89. The monoisotopic (exact) mass is 309 g/mol. The van der Waals surface area contributed by atoms with Crippen molar-refractivity contribution in [3.8, 4) is 11.4 Å². The molecule has 1 unspecified atom stereocenters. The Labute approximate surface area is 133 Å². The van der Waals surface area contributed by atoms with Crippen LogP contribution in [0.2, 0.25) is 0 Å². The van der Waals surface area contributed by atoms with Gasteiger partial charge in [-0.25, -0.2) is 4.98 Å². The van der Waals surface area contributed by atoms with Gasteiger partial charge in [-0.05, 0) is 37.6 Å². The second-order valence-corrected chi connectivity index (χ2v) is 5.89. The van der Waals surface area contributed by atoms with Crippen molar-refractivity contribution in [2.75, 3.05) is 18.4 Å². The van der Waals surface area contributed by atoms with Crippen molar-refractivity contribution in [2.45, 2.75) is 18.9 Å². The summed E-state index contributed by atoms with van der Waals surface area (Å²) in [6.07, 6.45) is 3.91. The average molecular weight is 309 g/mol. The number of hydrogen-bond donors (Lipinski definition) is 4. The second-order valence-electron chi connectivity index (χ2n) is 5.89. The number of nitrogens with zero attached hydrogens (tertiary/aromatic N) is 1. The maximum Gasteiger partial charge on any atom is 0.261 e. The molecule has 6 heteroatoms. The Morgan fingerprint density at radius 1 is 1.22 bits per heavy atom. The Hall–Kier alpha value is -2.60. The van der Waals surface area contributed by atoms with Gasteiger partial charge in [0, 0.05) is 18.8 Å². The Kier molecular flexibility index (Phi) is 3.59. The predicted octanol–water partition coefficient (Wildman–Crippen LogP) is 2.08. The molecule has 3 heterocycles. The van der Waals surface area contributed by atoms with Crippen molar-refractivity contribution in [1.29, 1.82) is 0 Å². The molecule has 1 atom stereocenters. The summed E-state index contributed by atoms with van der Waals surface area (Å²) in [6, 6.07) is 10.0. The molecule has 0 spiro atoms. The summed E-state index contributed by atoms with van der Waals surface area (Å²) in [5, 5.41) is 6.87. The minimum Gasteiger partial charge on any atom is -0.380 e. The molecule has 4 rings (SSSR count). The summed E-state index contributed by atoms with van der Waals surface area (Å²) < 4.78 is 0. The van der Waals surface area contributed by atoms with Crippen molar-refractivity contribution >= 4 is 16.7 Å². The average Bonchev–Trinajstić information content (AvgIpc) is 2.99. The Bertz CT molecular complexity index is 843. The zero-order valence-electron chi connectivity index (χ0n) is 12.7. The van der Waals surface area contributed by atoms with Gasteiger partial charge in [0.1, 0.15) is 11.4 Å². The van der Waals surface area contributed by atoms with Crippen LogP contribution >= 0.6 is 0 Å². The lowest BCUT2D eigenvalue weighted by Crippen LogP contribution is -2.38. The molecule has 0 aliphatic carbocycles. The maximum absolute atomic E-state index is 12.4. The molecule has 1 saturated heterocycles. The van der Waals surface area contributed by atoms with Gasteiger partial charge in [0.25, 0.3) is 5.56 Å². The minimum absolute atomic E-state index is 0.141. The van der Waals surface area contributed by atoms with Crippen LogP contribution < -0.4 is 16.2 Å². The van der Waals surface area contributed by atoms with Gasteiger partial charge in [0.2, 0.25) is 0 Å². The van der Waals surface area contributed by atoms with E-state index in [-0.39, 0.29) is 5.56 Å². The fourth-order valence-corrected chi connectivity index (χ4v) is 3.10. The summed E-state index contributed by atoms with van der Waals surface area (Å²) in [4.78, 5) is 22.9. The molecule has 4 N–H and O–H groups in total. The van der Waals surface area contributed by atoms with Gasteiger partial charge in [-0.3, -0.25) is 4.79 Å². The van der Waals surface area contributed by atoms with E-state index in [2.05, 4.69) is 25.6 Å². The van der Waals surface area contributed by atoms with Crippen molar-refractivity contribution in [1.82, 2.24) is 20.3 Å². The van der Waals surface area contributed by atoms with Crippen LogP contribution in [-0.4, -0.2) is 34.1 Å². The van der Waals surface area contributed by atoms with Crippen LogP contribution in [0.1, 0.15) is 12.8 Å². The molecular formula is C17H19N5O. The number of aromatic amines is 2. The highest BCUT2D eigenvalue weighted by molar-refractivity contribution is 5.82. The van der Waals surface area contributed by atoms with Crippen LogP contribution in [0, 0.1) is 0 Å². The first-order chi connectivity index (χ1) is 11.3. The highest BCUT2D eigenvalue weighted by Gasteiger charge is 2.18. The maximum atomic E-state index is 12.4. The van der Waals surface area contributed by atoms with Gasteiger partial charge in [-0.2, -0.15) is 0 Å². The molecule has 6 nitrogen and oxygen atoms in total. The van der Waals surface area contributed by atoms with E-state index in [9.17, 15) is 4.79 Å². The van der Waals surface area contributed by atoms with Crippen molar-refractivity contribution < 1.29 is 0 Å². The Balaban J connectivity index is 1.76. The number of pyridine rings is 1. The molecule has 0 saturated carbocycles. The third-order valence-electron chi connectivity index (χ3n) is 4.24. The molecule has 0 radical (unpaired) electrons. The van der Waals surface area contributed by atoms with E-state index in [0.29, 0.717) is 17.4 Å². The fraction of sp³-hybridized carbons (Fsp3) is 0.294. The zero-order chi connectivity index (χ0) is 15.6. The van der Waals surface area contributed by atoms with E-state index < -0.39 is 0 Å². The highest BCUT2D eigenvalue weighted by atomic mass is 16.1. The number of piperidine rings is 1. The van der Waals surface area contributed by atoms with Gasteiger partial charge in [0.15, 0.2) is 0 Å². The van der Waals surface area contributed by atoms with E-state index >= 15 is 0 Å². The van der Waals surface area contributed by atoms with E-state index in [1.54, 1.807) is 6.20 Å². The van der Waals surface area contributed by atoms with Crippen LogP contribution in [0.3, 0.4) is 0 Å². The van der Waals surface area contributed by atoms with Crippen LogP contribution in [0.25, 0.3) is 22.4 Å². The topological polar surface area (TPSA) is 85.6 Å². The summed E-state index contributed by atoms with van der Waals surface area (Å²) >= 11 is 0. The zero-order valence-corrected chi connectivity index (χ0v) is 12.7. The van der Waals surface area contributed by atoms with Gasteiger partial charge in [0.05, 0.1) is 16.7 Å². The quantitative estimate of drug-likeness (QED) is 0.597. The fourth-order valence-electron chi connectivity index (χ4n) is 3.10. The van der Waals surface area contributed by atoms with E-state index in [1.807, 2.05) is 30.3 Å². The van der Waals surface area contributed by atoms with Crippen LogP contribution in [0.4, 0.5) is 5.69 Å². The Morgan fingerprint density at radius 2 is 2.13 bits per heavy atom. The van der Waals surface area contributed by atoms with Crippen LogP contribution in [0.15, 0.2) is 41.3 Å². The standard InChI is InChI=1S/C17H19N5O/c23-17-15(16-21-12-5-1-2-6-13(12)22-16)14(7-9-19-17)20-11-4-3-8-18-10-11/h1-2,5-7,9,11,18H,3-4,8,10H2,(H,21,22)(H2,19,20,23). The first-order valence-electron chi connectivity index (χ1n) is 7.95. The summed E-state index contributed by atoms with van der Waals surface area (Å²) in [5.74, 6) is 0.597. The van der Waals surface area contributed by atoms with Gasteiger partial charge < -0.3 is 20.6 Å². The SMILES string of the molecule is O=c1[nH]ccc(NC2CCCNC2)c1-c1nc2ccccc2[nH]1. The number of anilines is 1. The summed E-state index contributed by atoms with van der Waals surface area (Å²) in [6.45, 7) is 1.97. The largest absolute Gasteiger partial charge is 0.380 e. The van der Waals surface area contributed by atoms with Gasteiger partial charge in [-0.15, -0.1) is 0 Å². The molecule has 1 aliphatic rings. The number of hydrogen-bond acceptors (Lipinski definition) is 4. The molecule has 2 aromatic heterocycles. The first-order valence-corrected chi connectivity index (χ1v) is 7.95. The highest BCUT2D eigenvalue weighted by Crippen LogP contribution is 2.25. The first kappa shape index (κ1) is 14.0. The molecule has 0 bridgehead atoms. The number of nitrogens with one attached hydrogen (secondary N) is 4. The van der Waals surface area contributed by atoms with Gasteiger partial charge >= 0.3 is 0 Å². The van der Waals surface area contributed by atoms with E-state index in [0.717, 1.165) is 42.7 Å². The van der Waals surface area contributed by atoms with Crippen LogP contribution in [0.5, 0.6) is 0 Å². The third kappa shape index (κ3) is 2.73. The van der Waals surface area contributed by atoms with Crippen molar-refractivity contribution in [3.63, 3.8) is 0 Å². The molecular weight excluding hydrogens is 290 g/mol. The lowest BCUT2D eigenvalue weighted by atomic mass is 10.1. The van der Waals surface area contributed by atoms with E-state index in [4.69, 9.17) is 0 Å². The number of fused-ring (bicyclic) bond motifs is 1. The van der Waals surface area contributed by atoms with Gasteiger partial charge in [-0.1, -0.05) is 12.1 Å². The Morgan fingerprint density at radius 3 is 2.96 bits per heavy atom. The smallest absolute Gasteiger partial charge is 0.261 e. The molecule has 1 aliphatic heterocycles. The molecule has 1 fully saturated rings. The number of imidazole rings is 1. The molecule has 0 amide bonds. The number of rotatable bonds is 3. The van der Waals surface area contributed by atoms with Crippen molar-refractivity contribution in [3.05, 3.63) is 46.9 Å². The number of H-pyrrole nitrogens is 2. The minimum atomic E-state index is -0.141. The number of aromatic nitrogens is 3.